The predicted octanol–water partition coefficient (Wildman–Crippen LogP) is 2.73. The van der Waals surface area contributed by atoms with Crippen molar-refractivity contribution in [3.8, 4) is 6.07 Å². The average molecular weight is 236 g/mol. The first kappa shape index (κ1) is 12.7. The Hall–Kier alpha value is -1.34. The summed E-state index contributed by atoms with van der Waals surface area (Å²) in [5.74, 6) is -0.0631. The zero-order chi connectivity index (χ0) is 12.0. The molecule has 4 heteroatoms. The molecule has 1 amide bonds. The van der Waals surface area contributed by atoms with E-state index in [1.165, 1.54) is 16.2 Å². The van der Waals surface area contributed by atoms with Crippen molar-refractivity contribution < 1.29 is 4.79 Å². The van der Waals surface area contributed by atoms with Crippen LogP contribution in [0.2, 0.25) is 0 Å². The van der Waals surface area contributed by atoms with E-state index in [-0.39, 0.29) is 11.9 Å². The summed E-state index contributed by atoms with van der Waals surface area (Å²) < 4.78 is 0. The lowest BCUT2D eigenvalue weighted by molar-refractivity contribution is 0.0941. The van der Waals surface area contributed by atoms with Crippen molar-refractivity contribution in [2.45, 2.75) is 39.2 Å². The Morgan fingerprint density at radius 1 is 1.56 bits per heavy atom. The van der Waals surface area contributed by atoms with E-state index in [4.69, 9.17) is 5.26 Å². The van der Waals surface area contributed by atoms with Crippen LogP contribution in [0.5, 0.6) is 0 Å². The summed E-state index contributed by atoms with van der Waals surface area (Å²) in [5, 5.41) is 11.5. The second-order valence-electron chi connectivity index (χ2n) is 3.56. The number of carbonyl (C=O) groups excluding carboxylic acids is 1. The minimum absolute atomic E-state index is 0.0373. The molecule has 0 radical (unpaired) electrons. The van der Waals surface area contributed by atoms with E-state index in [9.17, 15) is 4.79 Å². The average Bonchev–Trinajstić information content (AvgIpc) is 2.76. The first-order chi connectivity index (χ1) is 7.71. The fourth-order valence-electron chi connectivity index (χ4n) is 1.35. The summed E-state index contributed by atoms with van der Waals surface area (Å²) in [6, 6.07) is 5.87. The lowest BCUT2D eigenvalue weighted by atomic mass is 10.1. The molecule has 3 nitrogen and oxygen atoms in total. The molecule has 0 spiro atoms. The summed E-state index contributed by atoms with van der Waals surface area (Å²) >= 11 is 1.52. The molecule has 0 fully saturated rings. The second kappa shape index (κ2) is 6.29. The van der Waals surface area contributed by atoms with E-state index in [2.05, 4.69) is 18.3 Å². The van der Waals surface area contributed by atoms with Gasteiger partial charge in [-0.15, -0.1) is 11.3 Å². The van der Waals surface area contributed by atoms with Crippen molar-refractivity contribution in [1.29, 1.82) is 5.26 Å². The number of amides is 1. The minimum Gasteiger partial charge on any atom is -0.348 e. The smallest absolute Gasteiger partial charge is 0.261 e. The van der Waals surface area contributed by atoms with Crippen molar-refractivity contribution in [2.24, 2.45) is 0 Å². The molecule has 1 aromatic heterocycles. The Labute approximate surface area is 100 Å². The van der Waals surface area contributed by atoms with E-state index in [0.717, 1.165) is 17.7 Å². The number of carbonyl (C=O) groups is 1. The Balaban J connectivity index is 2.61. The van der Waals surface area contributed by atoms with E-state index < -0.39 is 0 Å². The van der Waals surface area contributed by atoms with Gasteiger partial charge in [-0.1, -0.05) is 13.8 Å². The van der Waals surface area contributed by atoms with Gasteiger partial charge in [-0.3, -0.25) is 4.79 Å². The zero-order valence-corrected chi connectivity index (χ0v) is 10.4. The number of nitrogens with one attached hydrogen (secondary N) is 1. The number of hydrogen-bond acceptors (Lipinski definition) is 3. The van der Waals surface area contributed by atoms with Crippen LogP contribution in [0.25, 0.3) is 0 Å². The molecule has 0 saturated heterocycles. The van der Waals surface area contributed by atoms with Gasteiger partial charge in [-0.25, -0.2) is 0 Å². The molecular weight excluding hydrogens is 220 g/mol. The molecule has 86 valence electrons. The van der Waals surface area contributed by atoms with Gasteiger partial charge in [0.2, 0.25) is 0 Å². The van der Waals surface area contributed by atoms with E-state index >= 15 is 0 Å². The first-order valence-corrected chi connectivity index (χ1v) is 6.29. The maximum atomic E-state index is 11.8. The molecule has 0 aromatic carbocycles. The molecule has 0 saturated carbocycles. The van der Waals surface area contributed by atoms with Gasteiger partial charge in [-0.05, 0) is 25.0 Å². The highest BCUT2D eigenvalue weighted by atomic mass is 32.1. The third kappa shape index (κ3) is 3.35. The molecule has 0 aliphatic carbocycles. The molecule has 0 bridgehead atoms. The number of hydrogen-bond donors (Lipinski definition) is 1. The molecule has 1 N–H and O–H groups in total. The van der Waals surface area contributed by atoms with Crippen molar-refractivity contribution in [1.82, 2.24) is 5.32 Å². The molecule has 16 heavy (non-hydrogen) atoms. The van der Waals surface area contributed by atoms with Crippen molar-refractivity contribution in [3.63, 3.8) is 0 Å². The number of nitriles is 1. The number of thiophene rings is 1. The van der Waals surface area contributed by atoms with Crippen LogP contribution in [0, 0.1) is 11.3 Å². The van der Waals surface area contributed by atoms with Crippen LogP contribution in [-0.4, -0.2) is 11.9 Å². The molecular formula is C12H16N2OS. The van der Waals surface area contributed by atoms with Gasteiger partial charge in [0.15, 0.2) is 0 Å². The normalized spacial score (nSPS) is 11.8. The lowest BCUT2D eigenvalue weighted by Crippen LogP contribution is -2.33. The second-order valence-corrected chi connectivity index (χ2v) is 4.73. The van der Waals surface area contributed by atoms with E-state index in [1.54, 1.807) is 0 Å². The highest BCUT2D eigenvalue weighted by molar-refractivity contribution is 7.14. The van der Waals surface area contributed by atoms with Crippen LogP contribution >= 0.6 is 11.3 Å². The van der Waals surface area contributed by atoms with Crippen LogP contribution in [-0.2, 0) is 6.42 Å². The fourth-order valence-corrected chi connectivity index (χ4v) is 2.20. The maximum Gasteiger partial charge on any atom is 0.261 e. The molecule has 1 rings (SSSR count). The van der Waals surface area contributed by atoms with Crippen molar-refractivity contribution in [3.05, 3.63) is 21.9 Å². The van der Waals surface area contributed by atoms with Gasteiger partial charge >= 0.3 is 0 Å². The summed E-state index contributed by atoms with van der Waals surface area (Å²) in [7, 11) is 0. The van der Waals surface area contributed by atoms with Crippen LogP contribution in [0.1, 0.15) is 41.2 Å². The fraction of sp³-hybridized carbons (Fsp3) is 0.500. The molecule has 0 aliphatic rings. The SMILES string of the molecule is CCc1ccc(C(=O)NC(CC)CC#N)s1. The number of nitrogens with zero attached hydrogens (tertiary/aromatic N) is 1. The lowest BCUT2D eigenvalue weighted by Gasteiger charge is -2.12. The van der Waals surface area contributed by atoms with Crippen LogP contribution < -0.4 is 5.32 Å². The van der Waals surface area contributed by atoms with Gasteiger partial charge in [0.05, 0.1) is 17.4 Å². The minimum atomic E-state index is -0.0631. The quantitative estimate of drug-likeness (QED) is 0.854. The zero-order valence-electron chi connectivity index (χ0n) is 9.62. The van der Waals surface area contributed by atoms with Gasteiger partial charge < -0.3 is 5.32 Å². The molecule has 0 aliphatic heterocycles. The maximum absolute atomic E-state index is 11.8. The van der Waals surface area contributed by atoms with Crippen LogP contribution in [0.15, 0.2) is 12.1 Å². The Kier molecular flexibility index (Phi) is 5.00. The molecule has 1 heterocycles. The van der Waals surface area contributed by atoms with E-state index in [0.29, 0.717) is 6.42 Å². The van der Waals surface area contributed by atoms with Crippen LogP contribution in [0.4, 0.5) is 0 Å². The molecule has 1 atom stereocenters. The highest BCUT2D eigenvalue weighted by Gasteiger charge is 2.13. The van der Waals surface area contributed by atoms with Gasteiger partial charge in [0.25, 0.3) is 5.91 Å². The van der Waals surface area contributed by atoms with Gasteiger partial charge in [-0.2, -0.15) is 5.26 Å². The van der Waals surface area contributed by atoms with Gasteiger partial charge in [0.1, 0.15) is 0 Å². The largest absolute Gasteiger partial charge is 0.348 e. The van der Waals surface area contributed by atoms with Gasteiger partial charge in [0, 0.05) is 10.9 Å². The Bertz CT molecular complexity index is 392. The summed E-state index contributed by atoms with van der Waals surface area (Å²) in [6.45, 7) is 4.03. The third-order valence-electron chi connectivity index (χ3n) is 2.40. The Morgan fingerprint density at radius 3 is 2.81 bits per heavy atom. The van der Waals surface area contributed by atoms with E-state index in [1.807, 2.05) is 19.1 Å². The standard InChI is InChI=1S/C12H16N2OS/c1-3-9(7-8-13)14-12(15)11-6-5-10(4-2)16-11/h5-6,9H,3-4,7H2,1-2H3,(H,14,15). The van der Waals surface area contributed by atoms with Crippen molar-refractivity contribution >= 4 is 17.2 Å². The highest BCUT2D eigenvalue weighted by Crippen LogP contribution is 2.17. The Morgan fingerprint density at radius 2 is 2.31 bits per heavy atom. The molecule has 1 unspecified atom stereocenters. The summed E-state index contributed by atoms with van der Waals surface area (Å²) in [5.41, 5.74) is 0. The number of rotatable bonds is 5. The van der Waals surface area contributed by atoms with Crippen LogP contribution in [0.3, 0.4) is 0 Å². The first-order valence-electron chi connectivity index (χ1n) is 5.47. The molecule has 1 aromatic rings. The van der Waals surface area contributed by atoms with Crippen molar-refractivity contribution in [2.75, 3.05) is 0 Å². The number of aryl methyl sites for hydroxylation is 1. The third-order valence-corrected chi connectivity index (χ3v) is 3.63. The monoisotopic (exact) mass is 236 g/mol. The summed E-state index contributed by atoms with van der Waals surface area (Å²) in [4.78, 5) is 13.7. The summed E-state index contributed by atoms with van der Waals surface area (Å²) in [6.07, 6.45) is 2.10. The predicted molar refractivity (Wildman–Crippen MR) is 65.5 cm³/mol. The topological polar surface area (TPSA) is 52.9 Å².